The highest BCUT2D eigenvalue weighted by molar-refractivity contribution is 9.10. The molecule has 0 aliphatic carbocycles. The molecule has 2 heterocycles. The molecule has 2 atom stereocenters. The predicted molar refractivity (Wildman–Crippen MR) is 70.7 cm³/mol. The Morgan fingerprint density at radius 3 is 2.88 bits per heavy atom. The molecule has 1 aliphatic rings. The Balaban J connectivity index is 2.50. The molecule has 2 unspecified atom stereocenters. The second-order valence-electron chi connectivity index (χ2n) is 4.57. The van der Waals surface area contributed by atoms with Gasteiger partial charge >= 0.3 is 0 Å². The Hall–Kier alpha value is -0.0000000000000000555. The molecule has 90 valence electrons. The lowest BCUT2D eigenvalue weighted by Crippen LogP contribution is -2.35. The number of halogens is 1. The average molecular weight is 305 g/mol. The molecule has 0 radical (unpaired) electrons. The highest BCUT2D eigenvalue weighted by atomic mass is 79.9. The maximum Gasteiger partial charge on any atom is 0.120 e. The first-order chi connectivity index (χ1) is 7.47. The molecular weight excluding hydrogens is 288 g/mol. The minimum atomic E-state index is -0.746. The van der Waals surface area contributed by atoms with Gasteiger partial charge < -0.3 is 5.11 Å². The minimum absolute atomic E-state index is 0.220. The molecular formula is C11H17BrN2OS. The summed E-state index contributed by atoms with van der Waals surface area (Å²) >= 11 is 5.33. The first kappa shape index (κ1) is 12.5. The Morgan fingerprint density at radius 2 is 2.38 bits per heavy atom. The van der Waals surface area contributed by atoms with Gasteiger partial charge in [-0.05, 0) is 42.0 Å². The molecule has 0 amide bonds. The Bertz CT molecular complexity index is 393. The molecule has 16 heavy (non-hydrogen) atoms. The molecule has 0 aromatic carbocycles. The molecule has 2 rings (SSSR count). The Kier molecular flexibility index (Phi) is 3.39. The smallest absolute Gasteiger partial charge is 0.120 e. The van der Waals surface area contributed by atoms with E-state index in [9.17, 15) is 5.11 Å². The van der Waals surface area contributed by atoms with E-state index in [0.717, 1.165) is 22.3 Å². The van der Waals surface area contributed by atoms with E-state index < -0.39 is 5.60 Å². The number of hydrogen-bond acceptors (Lipinski definition) is 3. The van der Waals surface area contributed by atoms with Crippen molar-refractivity contribution in [2.24, 2.45) is 0 Å². The summed E-state index contributed by atoms with van der Waals surface area (Å²) in [5.74, 6) is 1.01. The zero-order valence-electron chi connectivity index (χ0n) is 9.77. The van der Waals surface area contributed by atoms with Crippen LogP contribution in [0, 0.1) is 0 Å². The molecule has 1 aromatic rings. The second-order valence-corrected chi connectivity index (χ2v) is 6.87. The molecule has 0 spiro atoms. The van der Waals surface area contributed by atoms with Crippen LogP contribution in [0.2, 0.25) is 0 Å². The van der Waals surface area contributed by atoms with Gasteiger partial charge in [0.1, 0.15) is 5.60 Å². The standard InChI is InChI=1S/C11H17BrN2OS/c1-7(2)14-10(9(12)6-13-14)11(15)4-5-16-8(11)3/h6-8,15H,4-5H2,1-3H3. The number of thioether (sulfide) groups is 1. The van der Waals surface area contributed by atoms with E-state index in [1.54, 1.807) is 6.20 Å². The molecule has 0 bridgehead atoms. The summed E-state index contributed by atoms with van der Waals surface area (Å²) in [6.07, 6.45) is 2.58. The Labute approximate surface area is 109 Å². The maximum atomic E-state index is 10.8. The van der Waals surface area contributed by atoms with Crippen molar-refractivity contribution in [3.63, 3.8) is 0 Å². The lowest BCUT2D eigenvalue weighted by atomic mass is 9.93. The van der Waals surface area contributed by atoms with Gasteiger partial charge in [-0.3, -0.25) is 4.68 Å². The monoisotopic (exact) mass is 304 g/mol. The van der Waals surface area contributed by atoms with Crippen molar-refractivity contribution in [1.82, 2.24) is 9.78 Å². The number of hydrogen-bond donors (Lipinski definition) is 1. The lowest BCUT2D eigenvalue weighted by Gasteiger charge is -2.29. The molecule has 1 fully saturated rings. The van der Waals surface area contributed by atoms with Crippen LogP contribution < -0.4 is 0 Å². The molecule has 5 heteroatoms. The van der Waals surface area contributed by atoms with Crippen molar-refractivity contribution in [2.75, 3.05) is 5.75 Å². The second kappa shape index (κ2) is 4.35. The summed E-state index contributed by atoms with van der Waals surface area (Å²) in [4.78, 5) is 0. The molecule has 1 aliphatic heterocycles. The highest BCUT2D eigenvalue weighted by Crippen LogP contribution is 2.45. The molecule has 1 saturated heterocycles. The summed E-state index contributed by atoms with van der Waals surface area (Å²) in [5.41, 5.74) is 0.185. The number of rotatable bonds is 2. The fourth-order valence-electron chi connectivity index (χ4n) is 2.18. The van der Waals surface area contributed by atoms with E-state index >= 15 is 0 Å². The van der Waals surface area contributed by atoms with Crippen LogP contribution in [-0.2, 0) is 5.60 Å². The molecule has 1 aromatic heterocycles. The summed E-state index contributed by atoms with van der Waals surface area (Å²) in [6.45, 7) is 6.25. The number of aromatic nitrogens is 2. The van der Waals surface area contributed by atoms with Crippen LogP contribution in [-0.4, -0.2) is 25.9 Å². The van der Waals surface area contributed by atoms with Crippen molar-refractivity contribution in [3.05, 3.63) is 16.4 Å². The summed E-state index contributed by atoms with van der Waals surface area (Å²) in [6, 6.07) is 0.267. The minimum Gasteiger partial charge on any atom is -0.382 e. The largest absolute Gasteiger partial charge is 0.382 e. The van der Waals surface area contributed by atoms with Crippen molar-refractivity contribution in [3.8, 4) is 0 Å². The van der Waals surface area contributed by atoms with Crippen molar-refractivity contribution in [1.29, 1.82) is 0 Å². The van der Waals surface area contributed by atoms with Crippen LogP contribution in [0.25, 0.3) is 0 Å². The van der Waals surface area contributed by atoms with Crippen LogP contribution in [0.3, 0.4) is 0 Å². The lowest BCUT2D eigenvalue weighted by molar-refractivity contribution is 0.0314. The van der Waals surface area contributed by atoms with E-state index in [1.807, 2.05) is 16.4 Å². The maximum absolute atomic E-state index is 10.8. The van der Waals surface area contributed by atoms with E-state index in [-0.39, 0.29) is 11.3 Å². The van der Waals surface area contributed by atoms with E-state index in [1.165, 1.54) is 0 Å². The van der Waals surface area contributed by atoms with E-state index in [2.05, 4.69) is 41.8 Å². The summed E-state index contributed by atoms with van der Waals surface area (Å²) in [7, 11) is 0. The first-order valence-electron chi connectivity index (χ1n) is 5.54. The van der Waals surface area contributed by atoms with Gasteiger partial charge in [0.05, 0.1) is 16.4 Å². The van der Waals surface area contributed by atoms with Gasteiger partial charge in [0.15, 0.2) is 0 Å². The van der Waals surface area contributed by atoms with Crippen LogP contribution in [0.5, 0.6) is 0 Å². The summed E-state index contributed by atoms with van der Waals surface area (Å²) < 4.78 is 2.84. The van der Waals surface area contributed by atoms with Crippen molar-refractivity contribution < 1.29 is 5.11 Å². The van der Waals surface area contributed by atoms with Gasteiger partial charge in [0.2, 0.25) is 0 Å². The van der Waals surface area contributed by atoms with Crippen LogP contribution in [0.15, 0.2) is 10.7 Å². The van der Waals surface area contributed by atoms with Gasteiger partial charge in [-0.1, -0.05) is 6.92 Å². The fourth-order valence-corrected chi connectivity index (χ4v) is 4.09. The van der Waals surface area contributed by atoms with Gasteiger partial charge in [-0.15, -0.1) is 0 Å². The quantitative estimate of drug-likeness (QED) is 0.913. The number of nitrogens with zero attached hydrogens (tertiary/aromatic N) is 2. The van der Waals surface area contributed by atoms with Gasteiger partial charge in [0.25, 0.3) is 0 Å². The average Bonchev–Trinajstić information content (AvgIpc) is 2.73. The van der Waals surface area contributed by atoms with Crippen LogP contribution >= 0.6 is 27.7 Å². The van der Waals surface area contributed by atoms with Gasteiger partial charge in [-0.2, -0.15) is 16.9 Å². The topological polar surface area (TPSA) is 38.0 Å². The van der Waals surface area contributed by atoms with E-state index in [0.29, 0.717) is 0 Å². The third-order valence-corrected chi connectivity index (χ3v) is 5.08. The predicted octanol–water partition coefficient (Wildman–Crippen LogP) is 2.94. The van der Waals surface area contributed by atoms with Gasteiger partial charge in [-0.25, -0.2) is 0 Å². The SMILES string of the molecule is CC(C)n1ncc(Br)c1C1(O)CCSC1C. The third kappa shape index (κ3) is 1.83. The normalized spacial score (nSPS) is 30.2. The number of aliphatic hydroxyl groups is 1. The zero-order chi connectivity index (χ0) is 11.9. The van der Waals surface area contributed by atoms with E-state index in [4.69, 9.17) is 0 Å². The highest BCUT2D eigenvalue weighted by Gasteiger charge is 2.44. The third-order valence-electron chi connectivity index (χ3n) is 3.17. The molecule has 0 saturated carbocycles. The fraction of sp³-hybridized carbons (Fsp3) is 0.727. The van der Waals surface area contributed by atoms with Crippen molar-refractivity contribution >= 4 is 27.7 Å². The summed E-state index contributed by atoms with van der Waals surface area (Å²) in [5, 5.41) is 15.4. The van der Waals surface area contributed by atoms with Gasteiger partial charge in [0, 0.05) is 11.3 Å². The molecule has 3 nitrogen and oxygen atoms in total. The van der Waals surface area contributed by atoms with Crippen LogP contribution in [0.1, 0.15) is 38.9 Å². The first-order valence-corrected chi connectivity index (χ1v) is 7.38. The Morgan fingerprint density at radius 1 is 1.69 bits per heavy atom. The van der Waals surface area contributed by atoms with Crippen LogP contribution in [0.4, 0.5) is 0 Å². The van der Waals surface area contributed by atoms with Crippen molar-refractivity contribution in [2.45, 2.75) is 44.1 Å². The zero-order valence-corrected chi connectivity index (χ0v) is 12.2. The molecule has 1 N–H and O–H groups in total.